The van der Waals surface area contributed by atoms with Crippen molar-refractivity contribution in [2.24, 2.45) is 9.98 Å². The molecule has 0 aliphatic heterocycles. The van der Waals surface area contributed by atoms with E-state index in [1.54, 1.807) is 36.4 Å². The zero-order chi connectivity index (χ0) is 20.3. The number of para-hydroxylation sites is 2. The number of benzene rings is 2. The van der Waals surface area contributed by atoms with Crippen LogP contribution in [0.3, 0.4) is 0 Å². The quantitative estimate of drug-likeness (QED) is 0.371. The van der Waals surface area contributed by atoms with Crippen molar-refractivity contribution >= 4 is 69.2 Å². The molecule has 0 aliphatic carbocycles. The molecule has 3 nitrogen and oxygen atoms in total. The normalized spacial score (nSPS) is 12.4. The monoisotopic (exact) mass is 449 g/mol. The molecule has 1 heterocycles. The third-order valence-electron chi connectivity index (χ3n) is 3.92. The summed E-state index contributed by atoms with van der Waals surface area (Å²) in [5.74, 6) is 0. The molecule has 0 unspecified atom stereocenters. The van der Waals surface area contributed by atoms with Gasteiger partial charge >= 0.3 is 0 Å². The van der Waals surface area contributed by atoms with E-state index in [9.17, 15) is 0 Å². The second kappa shape index (κ2) is 9.06. The number of pyridine rings is 1. The fourth-order valence-electron chi connectivity index (χ4n) is 2.48. The number of hydrogen-bond donors (Lipinski definition) is 0. The van der Waals surface area contributed by atoms with Crippen molar-refractivity contribution in [2.45, 2.75) is 13.8 Å². The first kappa shape index (κ1) is 20.8. The molecule has 0 N–H and O–H groups in total. The Morgan fingerprint density at radius 2 is 0.929 bits per heavy atom. The third kappa shape index (κ3) is 4.73. The molecule has 0 bridgehead atoms. The van der Waals surface area contributed by atoms with Gasteiger partial charge in [0.25, 0.3) is 0 Å². The Hall–Kier alpha value is -1.91. The van der Waals surface area contributed by atoms with Gasteiger partial charge in [0.1, 0.15) is 11.4 Å². The van der Waals surface area contributed by atoms with Gasteiger partial charge in [-0.05, 0) is 50.2 Å². The minimum Gasteiger partial charge on any atom is -0.248 e. The van der Waals surface area contributed by atoms with E-state index in [1.807, 2.05) is 32.0 Å². The van der Waals surface area contributed by atoms with Crippen molar-refractivity contribution in [3.63, 3.8) is 0 Å². The van der Waals surface area contributed by atoms with Crippen molar-refractivity contribution < 1.29 is 0 Å². The highest BCUT2D eigenvalue weighted by Gasteiger charge is 2.10. The minimum atomic E-state index is 0.481. The van der Waals surface area contributed by atoms with Crippen molar-refractivity contribution in [1.29, 1.82) is 0 Å². The summed E-state index contributed by atoms with van der Waals surface area (Å²) in [5, 5.41) is 1.92. The molecule has 0 saturated carbocycles. The summed E-state index contributed by atoms with van der Waals surface area (Å²) in [4.78, 5) is 13.7. The van der Waals surface area contributed by atoms with E-state index in [1.165, 1.54) is 0 Å². The highest BCUT2D eigenvalue weighted by atomic mass is 35.5. The highest BCUT2D eigenvalue weighted by molar-refractivity contribution is 6.39. The molecule has 3 aromatic rings. The Morgan fingerprint density at radius 3 is 1.29 bits per heavy atom. The predicted octanol–water partition coefficient (Wildman–Crippen LogP) is 7.98. The topological polar surface area (TPSA) is 37.6 Å². The third-order valence-corrected chi connectivity index (χ3v) is 5.14. The van der Waals surface area contributed by atoms with Crippen LogP contribution in [-0.4, -0.2) is 16.4 Å². The second-order valence-electron chi connectivity index (χ2n) is 5.94. The molecule has 0 saturated heterocycles. The molecule has 0 spiro atoms. The molecule has 28 heavy (non-hydrogen) atoms. The van der Waals surface area contributed by atoms with Gasteiger partial charge in [0.15, 0.2) is 0 Å². The van der Waals surface area contributed by atoms with E-state index < -0.39 is 0 Å². The maximum Gasteiger partial charge on any atom is 0.101 e. The largest absolute Gasteiger partial charge is 0.248 e. The van der Waals surface area contributed by atoms with Gasteiger partial charge in [-0.15, -0.1) is 0 Å². The van der Waals surface area contributed by atoms with Gasteiger partial charge in [-0.2, -0.15) is 0 Å². The van der Waals surface area contributed by atoms with Crippen molar-refractivity contribution in [3.05, 3.63) is 86.1 Å². The molecule has 0 amide bonds. The Balaban J connectivity index is 1.98. The van der Waals surface area contributed by atoms with E-state index in [0.717, 1.165) is 0 Å². The maximum absolute atomic E-state index is 6.21. The smallest absolute Gasteiger partial charge is 0.101 e. The standard InChI is InChI=1S/C21H15Cl4N3/c1-12(26-20-14(22)6-3-7-15(20)23)18-10-5-11-19(28-18)13(2)27-21-16(24)8-4-9-17(21)25/h3-11H,1-2H3. The lowest BCUT2D eigenvalue weighted by atomic mass is 10.2. The summed E-state index contributed by atoms with van der Waals surface area (Å²) in [6.07, 6.45) is 0. The predicted molar refractivity (Wildman–Crippen MR) is 121 cm³/mol. The van der Waals surface area contributed by atoms with Crippen molar-refractivity contribution in [1.82, 2.24) is 4.98 Å². The lowest BCUT2D eigenvalue weighted by molar-refractivity contribution is 1.24. The van der Waals surface area contributed by atoms with Crippen LogP contribution in [-0.2, 0) is 0 Å². The van der Waals surface area contributed by atoms with Crippen LogP contribution >= 0.6 is 46.4 Å². The Bertz CT molecular complexity index is 968. The molecule has 0 aliphatic rings. The Morgan fingerprint density at radius 1 is 0.607 bits per heavy atom. The van der Waals surface area contributed by atoms with Gasteiger partial charge in [-0.25, -0.2) is 15.0 Å². The van der Waals surface area contributed by atoms with E-state index in [0.29, 0.717) is 54.3 Å². The van der Waals surface area contributed by atoms with Crippen molar-refractivity contribution in [2.75, 3.05) is 0 Å². The van der Waals surface area contributed by atoms with Gasteiger partial charge < -0.3 is 0 Å². The van der Waals surface area contributed by atoms with Crippen LogP contribution < -0.4 is 0 Å². The van der Waals surface area contributed by atoms with Gasteiger partial charge in [0.05, 0.1) is 42.9 Å². The molecule has 142 valence electrons. The second-order valence-corrected chi connectivity index (χ2v) is 7.57. The van der Waals surface area contributed by atoms with E-state index in [2.05, 4.69) is 15.0 Å². The lowest BCUT2D eigenvalue weighted by Gasteiger charge is -2.07. The molecule has 1 aromatic heterocycles. The first-order valence-electron chi connectivity index (χ1n) is 8.33. The number of hydrogen-bond acceptors (Lipinski definition) is 3. The Labute approximate surface area is 183 Å². The molecule has 2 aromatic carbocycles. The first-order chi connectivity index (χ1) is 13.4. The maximum atomic E-state index is 6.21. The van der Waals surface area contributed by atoms with Gasteiger partial charge in [-0.3, -0.25) is 0 Å². The number of rotatable bonds is 4. The van der Waals surface area contributed by atoms with Gasteiger partial charge in [0, 0.05) is 0 Å². The van der Waals surface area contributed by atoms with Crippen LogP contribution in [0.1, 0.15) is 25.2 Å². The summed E-state index contributed by atoms with van der Waals surface area (Å²) in [7, 11) is 0. The summed E-state index contributed by atoms with van der Waals surface area (Å²) >= 11 is 24.8. The molecule has 0 atom stereocenters. The number of nitrogens with zero attached hydrogens (tertiary/aromatic N) is 3. The first-order valence-corrected chi connectivity index (χ1v) is 9.84. The summed E-state index contributed by atoms with van der Waals surface area (Å²) < 4.78 is 0. The molecule has 3 rings (SSSR count). The molecule has 0 fully saturated rings. The average Bonchev–Trinajstić information content (AvgIpc) is 2.67. The lowest BCUT2D eigenvalue weighted by Crippen LogP contribution is -2.05. The number of aromatic nitrogens is 1. The number of halogens is 4. The van der Waals surface area contributed by atoms with Crippen LogP contribution in [0.5, 0.6) is 0 Å². The SMILES string of the molecule is CC(=Nc1c(Cl)cccc1Cl)c1cccc(C(C)=Nc2c(Cl)cccc2Cl)n1. The van der Waals surface area contributed by atoms with Crippen LogP contribution in [0.2, 0.25) is 20.1 Å². The minimum absolute atomic E-state index is 0.481. The zero-order valence-corrected chi connectivity index (χ0v) is 18.1. The number of aliphatic imine (C=N–C) groups is 2. The highest BCUT2D eigenvalue weighted by Crippen LogP contribution is 2.34. The molecular weight excluding hydrogens is 436 g/mol. The fourth-order valence-corrected chi connectivity index (χ4v) is 3.44. The van der Waals surface area contributed by atoms with Gasteiger partial charge in [0.2, 0.25) is 0 Å². The van der Waals surface area contributed by atoms with Crippen LogP contribution in [0.4, 0.5) is 11.4 Å². The van der Waals surface area contributed by atoms with E-state index in [-0.39, 0.29) is 0 Å². The summed E-state index contributed by atoms with van der Waals surface area (Å²) in [5.41, 5.74) is 3.77. The molecular formula is C21H15Cl4N3. The van der Waals surface area contributed by atoms with Crippen molar-refractivity contribution in [3.8, 4) is 0 Å². The van der Waals surface area contributed by atoms with Crippen LogP contribution in [0, 0.1) is 0 Å². The summed E-state index contributed by atoms with van der Waals surface area (Å²) in [6, 6.07) is 16.1. The van der Waals surface area contributed by atoms with Gasteiger partial charge in [-0.1, -0.05) is 64.6 Å². The average molecular weight is 451 g/mol. The van der Waals surface area contributed by atoms with Crippen LogP contribution in [0.15, 0.2) is 64.6 Å². The molecule has 0 radical (unpaired) electrons. The Kier molecular flexibility index (Phi) is 6.73. The van der Waals surface area contributed by atoms with Crippen LogP contribution in [0.25, 0.3) is 0 Å². The fraction of sp³-hybridized carbons (Fsp3) is 0.0952. The zero-order valence-electron chi connectivity index (χ0n) is 15.0. The molecule has 7 heteroatoms. The van der Waals surface area contributed by atoms with E-state index >= 15 is 0 Å². The summed E-state index contributed by atoms with van der Waals surface area (Å²) in [6.45, 7) is 3.70. The van der Waals surface area contributed by atoms with E-state index in [4.69, 9.17) is 46.4 Å².